The Bertz CT molecular complexity index is 1450. The smallest absolute Gasteiger partial charge is 0.356 e. The van der Waals surface area contributed by atoms with Gasteiger partial charge in [-0.15, -0.1) is 0 Å². The molecule has 0 aliphatic carbocycles. The number of aromatic nitrogens is 3. The molecular formula is C31H35N5O4. The minimum absolute atomic E-state index is 0.102. The number of hydrogen-bond donors (Lipinski definition) is 2. The molecule has 1 amide bonds. The van der Waals surface area contributed by atoms with Crippen molar-refractivity contribution < 1.29 is 19.1 Å². The molecule has 40 heavy (non-hydrogen) atoms. The van der Waals surface area contributed by atoms with Gasteiger partial charge < -0.3 is 24.7 Å². The van der Waals surface area contributed by atoms with Gasteiger partial charge in [0, 0.05) is 37.0 Å². The number of pyridine rings is 2. The van der Waals surface area contributed by atoms with E-state index in [-0.39, 0.29) is 17.9 Å². The molecule has 0 saturated carbocycles. The van der Waals surface area contributed by atoms with Crippen LogP contribution in [-0.2, 0) is 33.7 Å². The Morgan fingerprint density at radius 2 is 1.98 bits per heavy atom. The first-order valence-corrected chi connectivity index (χ1v) is 13.7. The van der Waals surface area contributed by atoms with Gasteiger partial charge in [-0.3, -0.25) is 9.78 Å². The first-order valence-electron chi connectivity index (χ1n) is 13.7. The van der Waals surface area contributed by atoms with Gasteiger partial charge in [-0.1, -0.05) is 36.4 Å². The third kappa shape index (κ3) is 6.31. The molecule has 0 bridgehead atoms. The Labute approximate surface area is 233 Å². The van der Waals surface area contributed by atoms with Crippen LogP contribution >= 0.6 is 0 Å². The Morgan fingerprint density at radius 1 is 1.15 bits per heavy atom. The van der Waals surface area contributed by atoms with E-state index in [9.17, 15) is 9.59 Å². The molecule has 1 aromatic carbocycles. The number of hydrogen-bond acceptors (Lipinski definition) is 7. The van der Waals surface area contributed by atoms with E-state index in [1.165, 1.54) is 12.7 Å². The van der Waals surface area contributed by atoms with Gasteiger partial charge in [-0.2, -0.15) is 0 Å². The normalized spacial score (nSPS) is 15.6. The lowest BCUT2D eigenvalue weighted by atomic mass is 10.1. The highest BCUT2D eigenvalue weighted by Gasteiger charge is 2.30. The number of rotatable bonds is 11. The van der Waals surface area contributed by atoms with Gasteiger partial charge >= 0.3 is 5.97 Å². The lowest BCUT2D eigenvalue weighted by Crippen LogP contribution is -2.24. The Balaban J connectivity index is 1.48. The highest BCUT2D eigenvalue weighted by molar-refractivity contribution is 6.11. The number of nitrogens with zero attached hydrogens (tertiary/aromatic N) is 3. The SMILES string of the molecule is COC(=O)c1c(NC(=O)C2CCOC2)c2cc(NC(C)Cc3cccnc3)cnc2n1CCCc1ccccc1. The summed E-state index contributed by atoms with van der Waals surface area (Å²) < 4.78 is 12.5. The molecule has 1 aliphatic heterocycles. The van der Waals surface area contributed by atoms with Crippen molar-refractivity contribution in [3.8, 4) is 0 Å². The van der Waals surface area contributed by atoms with Crippen LogP contribution in [0.25, 0.3) is 11.0 Å². The summed E-state index contributed by atoms with van der Waals surface area (Å²) >= 11 is 0. The van der Waals surface area contributed by atoms with Gasteiger partial charge in [-0.05, 0) is 55.9 Å². The summed E-state index contributed by atoms with van der Waals surface area (Å²) in [5.74, 6) is -0.958. The van der Waals surface area contributed by atoms with E-state index in [1.807, 2.05) is 47.2 Å². The van der Waals surface area contributed by atoms with Gasteiger partial charge in [0.15, 0.2) is 5.69 Å². The fraction of sp³-hybridized carbons (Fsp3) is 0.355. The fourth-order valence-corrected chi connectivity index (χ4v) is 5.22. The van der Waals surface area contributed by atoms with Crippen molar-refractivity contribution in [3.05, 3.63) is 83.9 Å². The molecule has 1 aliphatic rings. The Hall–Kier alpha value is -4.24. The maximum absolute atomic E-state index is 13.2. The van der Waals surface area contributed by atoms with E-state index >= 15 is 0 Å². The van der Waals surface area contributed by atoms with E-state index in [1.54, 1.807) is 12.4 Å². The van der Waals surface area contributed by atoms with Crippen LogP contribution in [0.3, 0.4) is 0 Å². The summed E-state index contributed by atoms with van der Waals surface area (Å²) in [4.78, 5) is 35.3. The summed E-state index contributed by atoms with van der Waals surface area (Å²) in [6, 6.07) is 16.2. The van der Waals surface area contributed by atoms with Gasteiger partial charge in [0.05, 0.1) is 37.2 Å². The Kier molecular flexibility index (Phi) is 8.71. The second kappa shape index (κ2) is 12.7. The van der Waals surface area contributed by atoms with Crippen LogP contribution in [0, 0.1) is 5.92 Å². The fourth-order valence-electron chi connectivity index (χ4n) is 5.22. The van der Waals surface area contributed by atoms with Gasteiger partial charge in [0.2, 0.25) is 5.91 Å². The van der Waals surface area contributed by atoms with E-state index in [0.717, 1.165) is 30.5 Å². The highest BCUT2D eigenvalue weighted by atomic mass is 16.5. The van der Waals surface area contributed by atoms with E-state index < -0.39 is 5.97 Å². The van der Waals surface area contributed by atoms with Crippen molar-refractivity contribution in [2.75, 3.05) is 31.0 Å². The number of fused-ring (bicyclic) bond motifs is 1. The molecular weight excluding hydrogens is 506 g/mol. The standard InChI is InChI=1S/C31H35N5O4/c1-21(16-23-10-6-13-32-18-23)34-25-17-26-27(35-30(37)24-12-15-40-20-24)28(31(38)39-2)36(29(26)33-19-25)14-7-11-22-8-4-3-5-9-22/h3-6,8-10,13,17-19,21,24,34H,7,11-12,14-16,20H2,1-2H3,(H,35,37). The maximum Gasteiger partial charge on any atom is 0.356 e. The average Bonchev–Trinajstić information content (AvgIpc) is 3.61. The second-order valence-electron chi connectivity index (χ2n) is 10.2. The van der Waals surface area contributed by atoms with Crippen LogP contribution in [0.5, 0.6) is 0 Å². The van der Waals surface area contributed by atoms with Crippen molar-refractivity contribution in [1.82, 2.24) is 14.5 Å². The summed E-state index contributed by atoms with van der Waals surface area (Å²) in [6.45, 7) is 3.55. The number of benzene rings is 1. The van der Waals surface area contributed by atoms with Crippen LogP contribution in [0.4, 0.5) is 11.4 Å². The molecule has 4 heterocycles. The number of methoxy groups -OCH3 is 1. The minimum Gasteiger partial charge on any atom is -0.464 e. The molecule has 0 radical (unpaired) electrons. The molecule has 3 aromatic heterocycles. The summed E-state index contributed by atoms with van der Waals surface area (Å²) in [7, 11) is 1.35. The van der Waals surface area contributed by atoms with Gasteiger partial charge in [0.25, 0.3) is 0 Å². The molecule has 4 aromatic rings. The topological polar surface area (TPSA) is 107 Å². The predicted molar refractivity (Wildman–Crippen MR) is 154 cm³/mol. The first-order chi connectivity index (χ1) is 19.5. The molecule has 2 N–H and O–H groups in total. The molecule has 9 heteroatoms. The lowest BCUT2D eigenvalue weighted by Gasteiger charge is -2.15. The third-order valence-corrected chi connectivity index (χ3v) is 7.19. The third-order valence-electron chi connectivity index (χ3n) is 7.19. The monoisotopic (exact) mass is 541 g/mol. The number of anilines is 2. The number of aryl methyl sites for hydroxylation is 2. The largest absolute Gasteiger partial charge is 0.464 e. The molecule has 9 nitrogen and oxygen atoms in total. The number of ether oxygens (including phenoxy) is 2. The van der Waals surface area contributed by atoms with Gasteiger partial charge in [-0.25, -0.2) is 9.78 Å². The summed E-state index contributed by atoms with van der Waals surface area (Å²) in [6.07, 6.45) is 8.44. The predicted octanol–water partition coefficient (Wildman–Crippen LogP) is 4.87. The molecule has 1 saturated heterocycles. The zero-order valence-electron chi connectivity index (χ0n) is 22.9. The zero-order valence-corrected chi connectivity index (χ0v) is 22.9. The number of nitrogens with one attached hydrogen (secondary N) is 2. The van der Waals surface area contributed by atoms with Crippen LogP contribution in [0.15, 0.2) is 67.1 Å². The number of carbonyl (C=O) groups excluding carboxylic acids is 2. The molecule has 1 fully saturated rings. The number of esters is 1. The van der Waals surface area contributed by atoms with Crippen molar-refractivity contribution in [2.24, 2.45) is 5.92 Å². The molecule has 5 rings (SSSR count). The van der Waals surface area contributed by atoms with Crippen LogP contribution < -0.4 is 10.6 Å². The summed E-state index contributed by atoms with van der Waals surface area (Å²) in [5.41, 5.74) is 4.48. The molecule has 0 spiro atoms. The lowest BCUT2D eigenvalue weighted by molar-refractivity contribution is -0.119. The Morgan fingerprint density at radius 3 is 2.70 bits per heavy atom. The first kappa shape index (κ1) is 27.3. The van der Waals surface area contributed by atoms with Crippen molar-refractivity contribution in [3.63, 3.8) is 0 Å². The van der Waals surface area contributed by atoms with E-state index in [4.69, 9.17) is 14.5 Å². The summed E-state index contributed by atoms with van der Waals surface area (Å²) in [5, 5.41) is 7.24. The van der Waals surface area contributed by atoms with E-state index in [0.29, 0.717) is 48.6 Å². The average molecular weight is 542 g/mol. The van der Waals surface area contributed by atoms with Crippen LogP contribution in [0.2, 0.25) is 0 Å². The molecule has 2 atom stereocenters. The minimum atomic E-state index is -0.518. The molecule has 2 unspecified atom stereocenters. The van der Waals surface area contributed by atoms with Crippen molar-refractivity contribution in [2.45, 2.75) is 45.2 Å². The highest BCUT2D eigenvalue weighted by Crippen LogP contribution is 2.34. The van der Waals surface area contributed by atoms with Gasteiger partial charge in [0.1, 0.15) is 5.65 Å². The molecule has 208 valence electrons. The van der Waals surface area contributed by atoms with Crippen LogP contribution in [0.1, 0.15) is 41.4 Å². The van der Waals surface area contributed by atoms with Crippen molar-refractivity contribution in [1.29, 1.82) is 0 Å². The number of amides is 1. The van der Waals surface area contributed by atoms with Crippen molar-refractivity contribution >= 4 is 34.3 Å². The quantitative estimate of drug-likeness (QED) is 0.261. The van der Waals surface area contributed by atoms with E-state index in [2.05, 4.69) is 34.7 Å². The second-order valence-corrected chi connectivity index (χ2v) is 10.2. The zero-order chi connectivity index (χ0) is 27.9. The van der Waals surface area contributed by atoms with Crippen LogP contribution in [-0.4, -0.2) is 52.8 Å². The number of carbonyl (C=O) groups is 2. The maximum atomic E-state index is 13.2.